The smallest absolute Gasteiger partial charge is 0.295 e. The first-order chi connectivity index (χ1) is 13.9. The standard InChI is InChI=1S/C22H22ClNO5/c1-4-12-24-19(13-8-10-14(23)11-9-13)18(21(26)22(24)27)20(25)17-15(28-2)6-5-7-16(17)29-3/h5-11,19,25H,4,12H2,1-3H3/b20-18+. The SMILES string of the molecule is CCCN1C(=O)C(=O)/C(=C(/O)c2c(OC)cccc2OC)C1c1ccc(Cl)cc1. The minimum Gasteiger partial charge on any atom is -0.506 e. The van der Waals surface area contributed by atoms with E-state index in [-0.39, 0.29) is 16.9 Å². The van der Waals surface area contributed by atoms with Crippen LogP contribution in [-0.4, -0.2) is 42.5 Å². The molecule has 1 heterocycles. The second-order valence-electron chi connectivity index (χ2n) is 6.58. The first-order valence-electron chi connectivity index (χ1n) is 9.19. The Morgan fingerprint density at radius 2 is 1.66 bits per heavy atom. The van der Waals surface area contributed by atoms with Crippen LogP contribution in [0.4, 0.5) is 0 Å². The number of likely N-dealkylation sites (tertiary alicyclic amines) is 1. The van der Waals surface area contributed by atoms with Crippen LogP contribution in [0.15, 0.2) is 48.0 Å². The number of nitrogens with zero attached hydrogens (tertiary/aromatic N) is 1. The van der Waals surface area contributed by atoms with Gasteiger partial charge >= 0.3 is 0 Å². The number of halogens is 1. The van der Waals surface area contributed by atoms with Gasteiger partial charge in [0.1, 0.15) is 22.8 Å². The van der Waals surface area contributed by atoms with Crippen molar-refractivity contribution in [3.63, 3.8) is 0 Å². The summed E-state index contributed by atoms with van der Waals surface area (Å²) in [6, 6.07) is 11.1. The number of ether oxygens (including phenoxy) is 2. The molecule has 1 saturated heterocycles. The Morgan fingerprint density at radius 3 is 2.17 bits per heavy atom. The molecule has 0 bridgehead atoms. The average molecular weight is 416 g/mol. The third kappa shape index (κ3) is 3.68. The lowest BCUT2D eigenvalue weighted by Gasteiger charge is -2.25. The summed E-state index contributed by atoms with van der Waals surface area (Å²) in [5.74, 6) is -1.07. The Bertz CT molecular complexity index is 945. The molecule has 7 heteroatoms. The Labute approximate surface area is 174 Å². The van der Waals surface area contributed by atoms with Crippen molar-refractivity contribution in [3.8, 4) is 11.5 Å². The zero-order valence-corrected chi connectivity index (χ0v) is 17.2. The maximum absolute atomic E-state index is 12.9. The van der Waals surface area contributed by atoms with Crippen molar-refractivity contribution < 1.29 is 24.2 Å². The predicted octanol–water partition coefficient (Wildman–Crippen LogP) is 4.19. The first kappa shape index (κ1) is 20.7. The fourth-order valence-electron chi connectivity index (χ4n) is 3.56. The van der Waals surface area contributed by atoms with Crippen molar-refractivity contribution in [1.82, 2.24) is 4.90 Å². The van der Waals surface area contributed by atoms with E-state index in [0.717, 1.165) is 0 Å². The molecule has 1 unspecified atom stereocenters. The highest BCUT2D eigenvalue weighted by Crippen LogP contribution is 2.43. The summed E-state index contributed by atoms with van der Waals surface area (Å²) >= 11 is 6.01. The van der Waals surface area contributed by atoms with Gasteiger partial charge in [-0.1, -0.05) is 36.7 Å². The van der Waals surface area contributed by atoms with Crippen LogP contribution in [0.3, 0.4) is 0 Å². The number of Topliss-reactive ketones (excluding diaryl/α,β-unsaturated/α-hetero) is 1. The van der Waals surface area contributed by atoms with Gasteiger partial charge in [0.05, 0.1) is 25.8 Å². The lowest BCUT2D eigenvalue weighted by Crippen LogP contribution is -2.30. The summed E-state index contributed by atoms with van der Waals surface area (Å²) in [4.78, 5) is 27.2. The molecule has 1 N–H and O–H groups in total. The third-order valence-corrected chi connectivity index (χ3v) is 5.11. The van der Waals surface area contributed by atoms with Crippen molar-refractivity contribution in [1.29, 1.82) is 0 Å². The summed E-state index contributed by atoms with van der Waals surface area (Å²) in [6.45, 7) is 2.29. The van der Waals surface area contributed by atoms with Crippen molar-refractivity contribution in [3.05, 3.63) is 64.2 Å². The van der Waals surface area contributed by atoms with Crippen molar-refractivity contribution in [2.75, 3.05) is 20.8 Å². The van der Waals surface area contributed by atoms with Crippen LogP contribution in [0.25, 0.3) is 5.76 Å². The fourth-order valence-corrected chi connectivity index (χ4v) is 3.69. The van der Waals surface area contributed by atoms with E-state index in [9.17, 15) is 14.7 Å². The lowest BCUT2D eigenvalue weighted by atomic mass is 9.94. The van der Waals surface area contributed by atoms with E-state index in [2.05, 4.69) is 0 Å². The molecule has 3 rings (SSSR count). The maximum atomic E-state index is 12.9. The highest BCUT2D eigenvalue weighted by molar-refractivity contribution is 6.46. The number of ketones is 1. The number of carbonyl (C=O) groups is 2. The molecule has 0 aliphatic carbocycles. The van der Waals surface area contributed by atoms with Crippen molar-refractivity contribution in [2.45, 2.75) is 19.4 Å². The highest BCUT2D eigenvalue weighted by Gasteiger charge is 2.46. The topological polar surface area (TPSA) is 76.1 Å². The van der Waals surface area contributed by atoms with Gasteiger partial charge in [0.2, 0.25) is 0 Å². The number of rotatable bonds is 6. The largest absolute Gasteiger partial charge is 0.506 e. The van der Waals surface area contributed by atoms with Gasteiger partial charge in [-0.25, -0.2) is 0 Å². The Morgan fingerprint density at radius 1 is 1.07 bits per heavy atom. The summed E-state index contributed by atoms with van der Waals surface area (Å²) in [5, 5.41) is 11.7. The molecule has 0 aromatic heterocycles. The molecule has 29 heavy (non-hydrogen) atoms. The molecular weight excluding hydrogens is 394 g/mol. The molecule has 2 aromatic rings. The zero-order chi connectivity index (χ0) is 21.1. The quantitative estimate of drug-likeness (QED) is 0.435. The molecule has 1 atom stereocenters. The van der Waals surface area contributed by atoms with Crippen LogP contribution < -0.4 is 9.47 Å². The number of carbonyl (C=O) groups excluding carboxylic acids is 2. The van der Waals surface area contributed by atoms with Gasteiger partial charge in [-0.15, -0.1) is 0 Å². The van der Waals surface area contributed by atoms with Crippen molar-refractivity contribution in [2.24, 2.45) is 0 Å². The summed E-state index contributed by atoms with van der Waals surface area (Å²) in [6.07, 6.45) is 0.662. The Balaban J connectivity index is 2.28. The van der Waals surface area contributed by atoms with Crippen LogP contribution >= 0.6 is 11.6 Å². The first-order valence-corrected chi connectivity index (χ1v) is 9.57. The molecule has 2 aromatic carbocycles. The molecule has 0 saturated carbocycles. The number of aliphatic hydroxyl groups excluding tert-OH is 1. The van der Waals surface area contributed by atoms with Crippen LogP contribution in [-0.2, 0) is 9.59 Å². The zero-order valence-electron chi connectivity index (χ0n) is 16.4. The molecule has 1 aliphatic heterocycles. The number of methoxy groups -OCH3 is 2. The van der Waals surface area contributed by atoms with E-state index in [1.807, 2.05) is 6.92 Å². The second kappa shape index (κ2) is 8.57. The monoisotopic (exact) mass is 415 g/mol. The Kier molecular flexibility index (Phi) is 6.13. The highest BCUT2D eigenvalue weighted by atomic mass is 35.5. The fraction of sp³-hybridized carbons (Fsp3) is 0.273. The van der Waals surface area contributed by atoms with Gasteiger partial charge in [0, 0.05) is 11.6 Å². The number of aliphatic hydroxyl groups is 1. The number of hydrogen-bond acceptors (Lipinski definition) is 5. The Hall–Kier alpha value is -2.99. The van der Waals surface area contributed by atoms with Gasteiger partial charge in [-0.05, 0) is 36.2 Å². The van der Waals surface area contributed by atoms with E-state index >= 15 is 0 Å². The minimum atomic E-state index is -0.746. The average Bonchev–Trinajstić information content (AvgIpc) is 2.98. The number of benzene rings is 2. The van der Waals surface area contributed by atoms with E-state index in [1.54, 1.807) is 42.5 Å². The van der Waals surface area contributed by atoms with Crippen LogP contribution in [0.2, 0.25) is 5.02 Å². The maximum Gasteiger partial charge on any atom is 0.295 e. The van der Waals surface area contributed by atoms with Crippen LogP contribution in [0, 0.1) is 0 Å². The summed E-state index contributed by atoms with van der Waals surface area (Å²) < 4.78 is 10.7. The number of amides is 1. The molecule has 1 fully saturated rings. The van der Waals surface area contributed by atoms with Crippen molar-refractivity contribution >= 4 is 29.1 Å². The van der Waals surface area contributed by atoms with Gasteiger partial charge in [-0.3, -0.25) is 9.59 Å². The lowest BCUT2D eigenvalue weighted by molar-refractivity contribution is -0.139. The van der Waals surface area contributed by atoms with Gasteiger partial charge < -0.3 is 19.5 Å². The molecule has 0 spiro atoms. The molecule has 6 nitrogen and oxygen atoms in total. The molecule has 1 amide bonds. The molecule has 1 aliphatic rings. The van der Waals surface area contributed by atoms with E-state index in [0.29, 0.717) is 35.1 Å². The van der Waals surface area contributed by atoms with E-state index in [4.69, 9.17) is 21.1 Å². The minimum absolute atomic E-state index is 0.00595. The third-order valence-electron chi connectivity index (χ3n) is 4.85. The van der Waals surface area contributed by atoms with Gasteiger partial charge in [-0.2, -0.15) is 0 Å². The van der Waals surface area contributed by atoms with Gasteiger partial charge in [0.25, 0.3) is 11.7 Å². The summed E-state index contributed by atoms with van der Waals surface area (Å²) in [5.41, 5.74) is 0.900. The summed E-state index contributed by atoms with van der Waals surface area (Å²) in [7, 11) is 2.91. The van der Waals surface area contributed by atoms with E-state index < -0.39 is 17.7 Å². The molecule has 0 radical (unpaired) electrons. The van der Waals surface area contributed by atoms with E-state index in [1.165, 1.54) is 19.1 Å². The molecule has 152 valence electrons. The predicted molar refractivity (Wildman–Crippen MR) is 110 cm³/mol. The number of hydrogen-bond donors (Lipinski definition) is 1. The second-order valence-corrected chi connectivity index (χ2v) is 7.02. The normalized spacial score (nSPS) is 18.2. The van der Waals surface area contributed by atoms with Crippen LogP contribution in [0.1, 0.15) is 30.5 Å². The van der Waals surface area contributed by atoms with Gasteiger partial charge in [0.15, 0.2) is 0 Å². The van der Waals surface area contributed by atoms with Crippen LogP contribution in [0.5, 0.6) is 11.5 Å². The molecular formula is C22H22ClNO5.